The van der Waals surface area contributed by atoms with Crippen molar-refractivity contribution < 1.29 is 0 Å². The highest BCUT2D eigenvalue weighted by Crippen LogP contribution is 2.56. The van der Waals surface area contributed by atoms with Gasteiger partial charge < -0.3 is 15.2 Å². The maximum atomic E-state index is 4.61. The highest BCUT2D eigenvalue weighted by molar-refractivity contribution is 5.87. The van der Waals surface area contributed by atoms with Gasteiger partial charge in [0.25, 0.3) is 0 Å². The first-order valence-corrected chi connectivity index (χ1v) is 13.8. The number of fused-ring (bicyclic) bond motifs is 1. The van der Waals surface area contributed by atoms with E-state index in [1.165, 1.54) is 32.1 Å². The van der Waals surface area contributed by atoms with Gasteiger partial charge >= 0.3 is 0 Å². The van der Waals surface area contributed by atoms with Crippen molar-refractivity contribution in [1.29, 1.82) is 0 Å². The summed E-state index contributed by atoms with van der Waals surface area (Å²) in [7, 11) is 4.41. The lowest BCUT2D eigenvalue weighted by Crippen LogP contribution is -2.55. The SMILES string of the molecule is CN(c1ncnc2[nH]ccc12)C1C2CC3CC(C2)CC1C3.CNC1C2CC3CC(C2)CC1C3. The molecule has 0 aliphatic heterocycles. The molecule has 10 rings (SSSR count). The van der Waals surface area contributed by atoms with Crippen molar-refractivity contribution in [3.8, 4) is 0 Å². The Morgan fingerprint density at radius 1 is 0.788 bits per heavy atom. The van der Waals surface area contributed by atoms with Crippen LogP contribution in [0.25, 0.3) is 11.0 Å². The lowest BCUT2D eigenvalue weighted by atomic mass is 9.54. The summed E-state index contributed by atoms with van der Waals surface area (Å²) < 4.78 is 0. The van der Waals surface area contributed by atoms with Crippen LogP contribution in [0.3, 0.4) is 0 Å². The standard InChI is InChI=1S/C17H22N4.C11H19N/c1-21(17-14-2-3-18-16(14)19-9-20-17)15-12-5-10-4-11(7-12)8-13(15)6-10;1-12-11-9-3-7-2-8(5-9)6-10(11)4-7/h2-3,9-13,15H,4-8H2,1H3,(H,18,19,20);7-12H,2-6H2,1H3. The number of rotatable bonds is 3. The molecule has 8 aliphatic carbocycles. The molecule has 0 amide bonds. The zero-order valence-corrected chi connectivity index (χ0v) is 20.4. The maximum Gasteiger partial charge on any atom is 0.142 e. The van der Waals surface area contributed by atoms with E-state index in [0.29, 0.717) is 6.04 Å². The summed E-state index contributed by atoms with van der Waals surface area (Å²) in [5.74, 6) is 9.26. The monoisotopic (exact) mass is 447 g/mol. The fourth-order valence-electron chi connectivity index (χ4n) is 10.2. The minimum Gasteiger partial charge on any atom is -0.355 e. The second kappa shape index (κ2) is 7.96. The van der Waals surface area contributed by atoms with Crippen LogP contribution >= 0.6 is 0 Å². The Balaban J connectivity index is 0.000000134. The molecule has 0 aromatic carbocycles. The first-order valence-electron chi connectivity index (χ1n) is 13.8. The Labute approximate surface area is 198 Å². The Bertz CT molecular complexity index is 941. The van der Waals surface area contributed by atoms with Crippen LogP contribution < -0.4 is 10.2 Å². The fraction of sp³-hybridized carbons (Fsp3) is 0.786. The lowest BCUT2D eigenvalue weighted by Gasteiger charge is -2.56. The highest BCUT2D eigenvalue weighted by atomic mass is 15.2. The first-order chi connectivity index (χ1) is 16.2. The zero-order valence-electron chi connectivity index (χ0n) is 20.4. The third-order valence-corrected chi connectivity index (χ3v) is 10.9. The van der Waals surface area contributed by atoms with E-state index in [1.807, 2.05) is 6.20 Å². The van der Waals surface area contributed by atoms with Gasteiger partial charge in [-0.3, -0.25) is 0 Å². The zero-order chi connectivity index (χ0) is 22.1. The van der Waals surface area contributed by atoms with Gasteiger partial charge in [0.05, 0.1) is 5.39 Å². The number of aromatic nitrogens is 3. The Morgan fingerprint density at radius 3 is 1.88 bits per heavy atom. The van der Waals surface area contributed by atoms with Crippen molar-refractivity contribution >= 4 is 16.9 Å². The smallest absolute Gasteiger partial charge is 0.142 e. The molecule has 8 aliphatic rings. The molecule has 2 aromatic rings. The molecule has 0 radical (unpaired) electrons. The summed E-state index contributed by atoms with van der Waals surface area (Å²) in [5, 5.41) is 4.71. The third-order valence-electron chi connectivity index (χ3n) is 10.9. The van der Waals surface area contributed by atoms with Gasteiger partial charge in [0, 0.05) is 25.3 Å². The van der Waals surface area contributed by atoms with Gasteiger partial charge in [-0.15, -0.1) is 0 Å². The molecule has 178 valence electrons. The Hall–Kier alpha value is -1.62. The lowest BCUT2D eigenvalue weighted by molar-refractivity contribution is -0.0109. The van der Waals surface area contributed by atoms with Gasteiger partial charge in [-0.05, 0) is 125 Å². The summed E-state index contributed by atoms with van der Waals surface area (Å²) in [4.78, 5) is 14.6. The van der Waals surface area contributed by atoms with Gasteiger partial charge in [-0.2, -0.15) is 0 Å². The average Bonchev–Trinajstić information content (AvgIpc) is 3.27. The molecule has 5 heteroatoms. The maximum absolute atomic E-state index is 4.61. The van der Waals surface area contributed by atoms with E-state index in [-0.39, 0.29) is 0 Å². The molecule has 0 saturated heterocycles. The second-order valence-corrected chi connectivity index (χ2v) is 12.7. The summed E-state index contributed by atoms with van der Waals surface area (Å²) >= 11 is 0. The topological polar surface area (TPSA) is 56.8 Å². The van der Waals surface area contributed by atoms with Crippen LogP contribution in [0, 0.1) is 47.3 Å². The van der Waals surface area contributed by atoms with Crippen LogP contribution in [0.5, 0.6) is 0 Å². The molecule has 0 atom stereocenters. The van der Waals surface area contributed by atoms with E-state index in [0.717, 1.165) is 70.2 Å². The summed E-state index contributed by atoms with van der Waals surface area (Å²) in [6.07, 6.45) is 18.7. The van der Waals surface area contributed by atoms with Gasteiger partial charge in [0.1, 0.15) is 17.8 Å². The molecule has 5 nitrogen and oxygen atoms in total. The van der Waals surface area contributed by atoms with Crippen molar-refractivity contribution in [2.75, 3.05) is 19.0 Å². The minimum atomic E-state index is 0.686. The summed E-state index contributed by atoms with van der Waals surface area (Å²) in [6, 6.07) is 3.68. The molecule has 0 unspecified atom stereocenters. The minimum absolute atomic E-state index is 0.686. The molecule has 2 heterocycles. The molecular weight excluding hydrogens is 406 g/mol. The Morgan fingerprint density at radius 2 is 1.33 bits per heavy atom. The Kier molecular flexibility index (Phi) is 5.00. The highest BCUT2D eigenvalue weighted by Gasteiger charge is 2.50. The van der Waals surface area contributed by atoms with Crippen LogP contribution in [-0.4, -0.2) is 41.1 Å². The molecular formula is C28H41N5. The molecule has 8 bridgehead atoms. The number of hydrogen-bond acceptors (Lipinski definition) is 4. The van der Waals surface area contributed by atoms with E-state index in [1.54, 1.807) is 38.4 Å². The van der Waals surface area contributed by atoms with Crippen LogP contribution in [0.1, 0.15) is 64.2 Å². The van der Waals surface area contributed by atoms with Gasteiger partial charge in [-0.1, -0.05) is 0 Å². The molecule has 33 heavy (non-hydrogen) atoms. The first kappa shape index (κ1) is 20.7. The van der Waals surface area contributed by atoms with Crippen LogP contribution in [0.15, 0.2) is 18.6 Å². The molecule has 8 fully saturated rings. The van der Waals surface area contributed by atoms with E-state index in [4.69, 9.17) is 0 Å². The summed E-state index contributed by atoms with van der Waals surface area (Å²) in [5.41, 5.74) is 0.954. The predicted octanol–water partition coefficient (Wildman–Crippen LogP) is 5.25. The number of H-pyrrole nitrogens is 1. The van der Waals surface area contributed by atoms with E-state index in [2.05, 4.69) is 45.3 Å². The van der Waals surface area contributed by atoms with E-state index >= 15 is 0 Å². The fourth-order valence-corrected chi connectivity index (χ4v) is 10.2. The van der Waals surface area contributed by atoms with Gasteiger partial charge in [-0.25, -0.2) is 9.97 Å². The molecule has 0 spiro atoms. The largest absolute Gasteiger partial charge is 0.355 e. The van der Waals surface area contributed by atoms with Crippen LogP contribution in [-0.2, 0) is 0 Å². The van der Waals surface area contributed by atoms with Crippen molar-refractivity contribution in [3.63, 3.8) is 0 Å². The van der Waals surface area contributed by atoms with Crippen LogP contribution in [0.4, 0.5) is 5.82 Å². The molecule has 2 aromatic heterocycles. The van der Waals surface area contributed by atoms with Crippen molar-refractivity contribution in [2.24, 2.45) is 47.3 Å². The van der Waals surface area contributed by atoms with Gasteiger partial charge in [0.2, 0.25) is 0 Å². The normalized spacial score (nSPS) is 44.2. The number of aromatic amines is 1. The van der Waals surface area contributed by atoms with Crippen molar-refractivity contribution in [1.82, 2.24) is 20.3 Å². The van der Waals surface area contributed by atoms with Crippen molar-refractivity contribution in [2.45, 2.75) is 76.3 Å². The second-order valence-electron chi connectivity index (χ2n) is 12.7. The molecule has 8 saturated carbocycles. The van der Waals surface area contributed by atoms with Crippen LogP contribution in [0.2, 0.25) is 0 Å². The van der Waals surface area contributed by atoms with E-state index in [9.17, 15) is 0 Å². The van der Waals surface area contributed by atoms with Crippen molar-refractivity contribution in [3.05, 3.63) is 18.6 Å². The third kappa shape index (κ3) is 3.44. The quantitative estimate of drug-likeness (QED) is 0.675. The van der Waals surface area contributed by atoms with E-state index < -0.39 is 0 Å². The number of anilines is 1. The summed E-state index contributed by atoms with van der Waals surface area (Å²) in [6.45, 7) is 0. The number of nitrogens with zero attached hydrogens (tertiary/aromatic N) is 3. The predicted molar refractivity (Wildman–Crippen MR) is 133 cm³/mol. The number of nitrogens with one attached hydrogen (secondary N) is 2. The van der Waals surface area contributed by atoms with Gasteiger partial charge in [0.15, 0.2) is 0 Å². The molecule has 2 N–H and O–H groups in total. The number of hydrogen-bond donors (Lipinski definition) is 2. The average molecular weight is 448 g/mol.